The number of furan rings is 1. The van der Waals surface area contributed by atoms with E-state index in [0.717, 1.165) is 22.3 Å². The summed E-state index contributed by atoms with van der Waals surface area (Å²) in [6.07, 6.45) is 1.96. The summed E-state index contributed by atoms with van der Waals surface area (Å²) in [6, 6.07) is 5.74. The van der Waals surface area contributed by atoms with Gasteiger partial charge in [-0.3, -0.25) is 4.79 Å². The Hall–Kier alpha value is -1.97. The number of hydrogen-bond donors (Lipinski definition) is 1. The van der Waals surface area contributed by atoms with Crippen LogP contribution in [-0.2, 0) is 11.2 Å². The van der Waals surface area contributed by atoms with Gasteiger partial charge < -0.3 is 14.5 Å². The van der Waals surface area contributed by atoms with Gasteiger partial charge in [-0.25, -0.2) is 0 Å². The molecule has 1 aromatic heterocycles. The van der Waals surface area contributed by atoms with Gasteiger partial charge in [0.2, 0.25) is 5.91 Å². The highest BCUT2D eigenvalue weighted by molar-refractivity contribution is 5.88. The van der Waals surface area contributed by atoms with Gasteiger partial charge in [-0.2, -0.15) is 0 Å². The summed E-state index contributed by atoms with van der Waals surface area (Å²) in [5, 5.41) is 3.82. The smallest absolute Gasteiger partial charge is 0.224 e. The first-order chi connectivity index (χ1) is 8.60. The second-order valence-corrected chi connectivity index (χ2v) is 4.52. The standard InChI is InChI=1S/C14H17NO3/c1-9(2)15-14(16)6-10-8-18-13-7-11(17-3)4-5-12(10)13/h4-5,7-9H,6H2,1-3H3,(H,15,16). The lowest BCUT2D eigenvalue weighted by atomic mass is 10.1. The molecule has 4 nitrogen and oxygen atoms in total. The average molecular weight is 247 g/mol. The lowest BCUT2D eigenvalue weighted by Crippen LogP contribution is -2.31. The zero-order chi connectivity index (χ0) is 13.1. The number of benzene rings is 1. The van der Waals surface area contributed by atoms with Crippen molar-refractivity contribution in [2.24, 2.45) is 0 Å². The summed E-state index contributed by atoms with van der Waals surface area (Å²) < 4.78 is 10.6. The number of methoxy groups -OCH3 is 1. The molecule has 2 rings (SSSR count). The summed E-state index contributed by atoms with van der Waals surface area (Å²) in [7, 11) is 1.61. The normalized spacial score (nSPS) is 10.9. The Morgan fingerprint density at radius 1 is 1.44 bits per heavy atom. The Morgan fingerprint density at radius 3 is 2.89 bits per heavy atom. The fraction of sp³-hybridized carbons (Fsp3) is 0.357. The SMILES string of the molecule is COc1ccc2c(CC(=O)NC(C)C)coc2c1. The summed E-state index contributed by atoms with van der Waals surface area (Å²) in [6.45, 7) is 3.88. The van der Waals surface area contributed by atoms with Gasteiger partial charge >= 0.3 is 0 Å². The predicted octanol–water partition coefficient (Wildman–Crippen LogP) is 2.51. The molecule has 0 spiro atoms. The maximum atomic E-state index is 11.7. The number of amides is 1. The fourth-order valence-electron chi connectivity index (χ4n) is 1.87. The third kappa shape index (κ3) is 2.64. The maximum Gasteiger partial charge on any atom is 0.224 e. The molecule has 4 heteroatoms. The molecule has 1 aromatic carbocycles. The highest BCUT2D eigenvalue weighted by Gasteiger charge is 2.11. The Labute approximate surface area is 106 Å². The average Bonchev–Trinajstić information content (AvgIpc) is 2.70. The number of fused-ring (bicyclic) bond motifs is 1. The van der Waals surface area contributed by atoms with Gasteiger partial charge in [0.1, 0.15) is 11.3 Å². The van der Waals surface area contributed by atoms with Crippen molar-refractivity contribution in [3.8, 4) is 5.75 Å². The third-order valence-corrected chi connectivity index (χ3v) is 2.66. The zero-order valence-corrected chi connectivity index (χ0v) is 10.8. The van der Waals surface area contributed by atoms with Gasteiger partial charge in [-0.05, 0) is 26.0 Å². The van der Waals surface area contributed by atoms with E-state index >= 15 is 0 Å². The zero-order valence-electron chi connectivity index (χ0n) is 10.8. The number of carbonyl (C=O) groups excluding carboxylic acids is 1. The van der Waals surface area contributed by atoms with Gasteiger partial charge in [-0.15, -0.1) is 0 Å². The molecule has 0 bridgehead atoms. The lowest BCUT2D eigenvalue weighted by Gasteiger charge is -2.07. The lowest BCUT2D eigenvalue weighted by molar-refractivity contribution is -0.120. The van der Waals surface area contributed by atoms with Crippen LogP contribution in [0.2, 0.25) is 0 Å². The van der Waals surface area contributed by atoms with Crippen molar-refractivity contribution in [2.75, 3.05) is 7.11 Å². The summed E-state index contributed by atoms with van der Waals surface area (Å²) in [4.78, 5) is 11.7. The topological polar surface area (TPSA) is 51.5 Å². The third-order valence-electron chi connectivity index (χ3n) is 2.66. The monoisotopic (exact) mass is 247 g/mol. The molecule has 1 heterocycles. The minimum Gasteiger partial charge on any atom is -0.497 e. The van der Waals surface area contributed by atoms with E-state index in [0.29, 0.717) is 6.42 Å². The van der Waals surface area contributed by atoms with Crippen LogP contribution in [0.15, 0.2) is 28.9 Å². The van der Waals surface area contributed by atoms with Gasteiger partial charge in [0.05, 0.1) is 19.8 Å². The second-order valence-electron chi connectivity index (χ2n) is 4.52. The van der Waals surface area contributed by atoms with Crippen LogP contribution in [0, 0.1) is 0 Å². The molecule has 0 saturated heterocycles. The Balaban J connectivity index is 2.22. The van der Waals surface area contributed by atoms with Crippen LogP contribution in [0.5, 0.6) is 5.75 Å². The molecule has 1 amide bonds. The van der Waals surface area contributed by atoms with E-state index in [1.54, 1.807) is 13.4 Å². The fourth-order valence-corrected chi connectivity index (χ4v) is 1.87. The van der Waals surface area contributed by atoms with Gasteiger partial charge in [0, 0.05) is 23.1 Å². The van der Waals surface area contributed by atoms with Crippen molar-refractivity contribution in [1.29, 1.82) is 0 Å². The van der Waals surface area contributed by atoms with Crippen LogP contribution in [0.1, 0.15) is 19.4 Å². The molecule has 0 atom stereocenters. The quantitative estimate of drug-likeness (QED) is 0.903. The van der Waals surface area contributed by atoms with Crippen molar-refractivity contribution in [2.45, 2.75) is 26.3 Å². The highest BCUT2D eigenvalue weighted by atomic mass is 16.5. The van der Waals surface area contributed by atoms with E-state index in [9.17, 15) is 4.79 Å². The number of carbonyl (C=O) groups is 1. The van der Waals surface area contributed by atoms with Crippen LogP contribution in [0.25, 0.3) is 11.0 Å². The molecule has 0 aliphatic heterocycles. The summed E-state index contributed by atoms with van der Waals surface area (Å²) >= 11 is 0. The van der Waals surface area contributed by atoms with Crippen molar-refractivity contribution in [3.05, 3.63) is 30.0 Å². The Bertz CT molecular complexity index is 557. The molecule has 0 aliphatic rings. The van der Waals surface area contributed by atoms with Crippen molar-refractivity contribution in [3.63, 3.8) is 0 Å². The molecule has 0 saturated carbocycles. The van der Waals surface area contributed by atoms with Gasteiger partial charge in [0.15, 0.2) is 0 Å². The maximum absolute atomic E-state index is 11.7. The molecule has 96 valence electrons. The molecule has 1 N–H and O–H groups in total. The van der Waals surface area contributed by atoms with Crippen LogP contribution in [0.3, 0.4) is 0 Å². The van der Waals surface area contributed by atoms with Crippen molar-refractivity contribution < 1.29 is 13.9 Å². The first-order valence-corrected chi connectivity index (χ1v) is 5.93. The van der Waals surface area contributed by atoms with Gasteiger partial charge in [-0.1, -0.05) is 0 Å². The minimum atomic E-state index is 0.00326. The van der Waals surface area contributed by atoms with Crippen LogP contribution < -0.4 is 10.1 Å². The predicted molar refractivity (Wildman–Crippen MR) is 69.7 cm³/mol. The highest BCUT2D eigenvalue weighted by Crippen LogP contribution is 2.25. The van der Waals surface area contributed by atoms with Crippen molar-refractivity contribution >= 4 is 16.9 Å². The summed E-state index contributed by atoms with van der Waals surface area (Å²) in [5.41, 5.74) is 1.63. The molecule has 0 unspecified atom stereocenters. The molecule has 18 heavy (non-hydrogen) atoms. The van der Waals surface area contributed by atoms with E-state index < -0.39 is 0 Å². The molecule has 0 fully saturated rings. The molecule has 0 aliphatic carbocycles. The van der Waals surface area contributed by atoms with E-state index in [2.05, 4.69) is 5.32 Å². The second kappa shape index (κ2) is 5.12. The number of hydrogen-bond acceptors (Lipinski definition) is 3. The van der Waals surface area contributed by atoms with E-state index in [-0.39, 0.29) is 11.9 Å². The van der Waals surface area contributed by atoms with E-state index in [1.165, 1.54) is 0 Å². The van der Waals surface area contributed by atoms with Crippen LogP contribution in [-0.4, -0.2) is 19.1 Å². The minimum absolute atomic E-state index is 0.00326. The molecule has 0 radical (unpaired) electrons. The Kier molecular flexibility index (Phi) is 3.55. The molecule has 2 aromatic rings. The number of rotatable bonds is 4. The molecular weight excluding hydrogens is 230 g/mol. The largest absolute Gasteiger partial charge is 0.497 e. The van der Waals surface area contributed by atoms with Crippen LogP contribution in [0.4, 0.5) is 0 Å². The first kappa shape index (κ1) is 12.5. The Morgan fingerprint density at radius 2 is 2.22 bits per heavy atom. The van der Waals surface area contributed by atoms with E-state index in [1.807, 2.05) is 32.0 Å². The molecular formula is C14H17NO3. The first-order valence-electron chi connectivity index (χ1n) is 5.93. The summed E-state index contributed by atoms with van der Waals surface area (Å²) in [5.74, 6) is 0.749. The van der Waals surface area contributed by atoms with Crippen LogP contribution >= 0.6 is 0 Å². The number of ether oxygens (including phenoxy) is 1. The number of nitrogens with one attached hydrogen (secondary N) is 1. The van der Waals surface area contributed by atoms with Crippen molar-refractivity contribution in [1.82, 2.24) is 5.32 Å². The van der Waals surface area contributed by atoms with E-state index in [4.69, 9.17) is 9.15 Å². The van der Waals surface area contributed by atoms with Gasteiger partial charge in [0.25, 0.3) is 0 Å².